The largest absolute Gasteiger partial charge is 0.481 e. The minimum Gasteiger partial charge on any atom is -0.481 e. The molecule has 0 bridgehead atoms. The molecule has 1 aromatic rings. The molecule has 104 valence electrons. The molecule has 0 aliphatic rings. The second kappa shape index (κ2) is 6.38. The van der Waals surface area contributed by atoms with Crippen LogP contribution in [0.15, 0.2) is 12.1 Å². The van der Waals surface area contributed by atoms with Crippen molar-refractivity contribution >= 4 is 28.9 Å². The minimum absolute atomic E-state index is 0.00187. The summed E-state index contributed by atoms with van der Waals surface area (Å²) in [5.74, 6) is -0.885. The number of hydrogen-bond acceptors (Lipinski definition) is 4. The van der Waals surface area contributed by atoms with Crippen molar-refractivity contribution in [2.75, 3.05) is 18.0 Å². The Labute approximate surface area is 115 Å². The molecule has 0 aliphatic heterocycles. The molecule has 0 amide bonds. The molecule has 1 aromatic carbocycles. The first-order valence-corrected chi connectivity index (χ1v) is 6.15. The lowest BCUT2D eigenvalue weighted by atomic mass is 10.1. The Hall–Kier alpha value is -1.82. The fourth-order valence-electron chi connectivity index (χ4n) is 1.82. The van der Waals surface area contributed by atoms with Crippen molar-refractivity contribution in [2.45, 2.75) is 20.3 Å². The Morgan fingerprint density at radius 1 is 1.53 bits per heavy atom. The smallest absolute Gasteiger partial charge is 0.305 e. The fourth-order valence-corrected chi connectivity index (χ4v) is 2.04. The number of carboxylic acids is 1. The highest BCUT2D eigenvalue weighted by atomic mass is 35.5. The SMILES string of the molecule is CCN(CCC(=O)O)c1cc(Cl)c([N+](=O)[O-])cc1C. The number of rotatable bonds is 6. The molecule has 7 heteroatoms. The van der Waals surface area contributed by atoms with Gasteiger partial charge in [-0.3, -0.25) is 14.9 Å². The highest BCUT2D eigenvalue weighted by molar-refractivity contribution is 6.33. The van der Waals surface area contributed by atoms with Crippen molar-refractivity contribution in [3.05, 3.63) is 32.8 Å². The second-order valence-electron chi connectivity index (χ2n) is 4.07. The zero-order valence-electron chi connectivity index (χ0n) is 10.7. The molecule has 0 heterocycles. The maximum atomic E-state index is 10.8. The molecular formula is C12H15ClN2O4. The van der Waals surface area contributed by atoms with Gasteiger partial charge in [0.1, 0.15) is 5.02 Å². The van der Waals surface area contributed by atoms with E-state index in [9.17, 15) is 14.9 Å². The lowest BCUT2D eigenvalue weighted by molar-refractivity contribution is -0.384. The van der Waals surface area contributed by atoms with Crippen LogP contribution in [-0.2, 0) is 4.79 Å². The van der Waals surface area contributed by atoms with Crippen LogP contribution in [0, 0.1) is 17.0 Å². The summed E-state index contributed by atoms with van der Waals surface area (Å²) in [5, 5.41) is 19.5. The number of aliphatic carboxylic acids is 1. The molecule has 0 fully saturated rings. The molecule has 0 saturated carbocycles. The molecule has 0 spiro atoms. The van der Waals surface area contributed by atoms with Crippen LogP contribution in [0.4, 0.5) is 11.4 Å². The summed E-state index contributed by atoms with van der Waals surface area (Å²) < 4.78 is 0. The normalized spacial score (nSPS) is 10.3. The molecule has 0 radical (unpaired) electrons. The zero-order valence-corrected chi connectivity index (χ0v) is 11.5. The number of hydrogen-bond donors (Lipinski definition) is 1. The monoisotopic (exact) mass is 286 g/mol. The van der Waals surface area contributed by atoms with Crippen LogP contribution >= 0.6 is 11.6 Å². The maximum absolute atomic E-state index is 10.8. The summed E-state index contributed by atoms with van der Waals surface area (Å²) in [7, 11) is 0. The lowest BCUT2D eigenvalue weighted by Gasteiger charge is -2.24. The highest BCUT2D eigenvalue weighted by Crippen LogP contribution is 2.32. The number of halogens is 1. The third-order valence-corrected chi connectivity index (χ3v) is 3.08. The standard InChI is InChI=1S/C12H15ClN2O4/c1-3-14(5-4-12(16)17)10-7-9(13)11(15(18)19)6-8(10)2/h6-7H,3-5H2,1-2H3,(H,16,17). The second-order valence-corrected chi connectivity index (χ2v) is 4.48. The summed E-state index contributed by atoms with van der Waals surface area (Å²) in [6, 6.07) is 2.92. The molecule has 0 saturated heterocycles. The minimum atomic E-state index is -0.885. The summed E-state index contributed by atoms with van der Waals surface area (Å²) in [6.45, 7) is 4.56. The fraction of sp³-hybridized carbons (Fsp3) is 0.417. The maximum Gasteiger partial charge on any atom is 0.305 e. The predicted molar refractivity (Wildman–Crippen MR) is 73.0 cm³/mol. The van der Waals surface area contributed by atoms with Crippen LogP contribution in [-0.4, -0.2) is 29.1 Å². The van der Waals surface area contributed by atoms with E-state index in [1.165, 1.54) is 12.1 Å². The average Bonchev–Trinajstić information content (AvgIpc) is 2.32. The van der Waals surface area contributed by atoms with Gasteiger partial charge in [0.15, 0.2) is 0 Å². The number of anilines is 1. The Balaban J connectivity index is 3.08. The number of carboxylic acid groups (broad SMARTS) is 1. The van der Waals surface area contributed by atoms with Crippen molar-refractivity contribution in [2.24, 2.45) is 0 Å². The first kappa shape index (κ1) is 15.2. The molecule has 19 heavy (non-hydrogen) atoms. The third kappa shape index (κ3) is 3.82. The molecule has 1 rings (SSSR count). The van der Waals surface area contributed by atoms with E-state index in [-0.39, 0.29) is 17.1 Å². The Kier molecular flexibility index (Phi) is 5.11. The van der Waals surface area contributed by atoms with Gasteiger partial charge in [0.25, 0.3) is 5.69 Å². The Morgan fingerprint density at radius 2 is 2.16 bits per heavy atom. The number of benzene rings is 1. The van der Waals surface area contributed by atoms with Crippen LogP contribution < -0.4 is 4.90 Å². The van der Waals surface area contributed by atoms with E-state index in [0.29, 0.717) is 18.7 Å². The van der Waals surface area contributed by atoms with Crippen molar-refractivity contribution in [1.29, 1.82) is 0 Å². The molecule has 1 N–H and O–H groups in total. The Bertz CT molecular complexity index is 505. The summed E-state index contributed by atoms with van der Waals surface area (Å²) in [5.41, 5.74) is 1.28. The van der Waals surface area contributed by atoms with Crippen molar-refractivity contribution < 1.29 is 14.8 Å². The van der Waals surface area contributed by atoms with Crippen molar-refractivity contribution in [3.63, 3.8) is 0 Å². The van der Waals surface area contributed by atoms with Crippen LogP contribution in [0.25, 0.3) is 0 Å². The first-order valence-electron chi connectivity index (χ1n) is 5.78. The predicted octanol–water partition coefficient (Wildman–Crippen LogP) is 2.86. The number of nitro benzene ring substituents is 1. The van der Waals surface area contributed by atoms with Gasteiger partial charge in [-0.05, 0) is 25.5 Å². The van der Waals surface area contributed by atoms with Gasteiger partial charge in [0.05, 0.1) is 11.3 Å². The van der Waals surface area contributed by atoms with E-state index in [4.69, 9.17) is 16.7 Å². The number of nitrogens with zero attached hydrogens (tertiary/aromatic N) is 2. The van der Waals surface area contributed by atoms with Gasteiger partial charge < -0.3 is 10.0 Å². The van der Waals surface area contributed by atoms with Crippen molar-refractivity contribution in [3.8, 4) is 0 Å². The van der Waals surface area contributed by atoms with Gasteiger partial charge in [-0.1, -0.05) is 11.6 Å². The molecule has 0 unspecified atom stereocenters. The Morgan fingerprint density at radius 3 is 2.63 bits per heavy atom. The van der Waals surface area contributed by atoms with E-state index in [0.717, 1.165) is 5.69 Å². The van der Waals surface area contributed by atoms with Crippen LogP contribution in [0.5, 0.6) is 0 Å². The van der Waals surface area contributed by atoms with Crippen LogP contribution in [0.2, 0.25) is 5.02 Å². The summed E-state index contributed by atoms with van der Waals surface area (Å²) in [6.07, 6.45) is 0.00187. The van der Waals surface area contributed by atoms with Gasteiger partial charge in [-0.15, -0.1) is 0 Å². The van der Waals surface area contributed by atoms with Crippen LogP contribution in [0.3, 0.4) is 0 Å². The van der Waals surface area contributed by atoms with Gasteiger partial charge >= 0.3 is 5.97 Å². The lowest BCUT2D eigenvalue weighted by Crippen LogP contribution is -2.26. The third-order valence-electron chi connectivity index (χ3n) is 2.78. The topological polar surface area (TPSA) is 83.7 Å². The number of nitro groups is 1. The van der Waals surface area contributed by atoms with Gasteiger partial charge in [-0.2, -0.15) is 0 Å². The number of carbonyl (C=O) groups is 1. The summed E-state index contributed by atoms with van der Waals surface area (Å²) >= 11 is 5.88. The van der Waals surface area contributed by atoms with Crippen LogP contribution in [0.1, 0.15) is 18.9 Å². The molecule has 0 aliphatic carbocycles. The van der Waals surface area contributed by atoms with E-state index >= 15 is 0 Å². The van der Waals surface area contributed by atoms with Gasteiger partial charge in [0.2, 0.25) is 0 Å². The van der Waals surface area contributed by atoms with E-state index in [1.807, 2.05) is 11.8 Å². The average molecular weight is 287 g/mol. The number of aryl methyl sites for hydroxylation is 1. The van der Waals surface area contributed by atoms with Gasteiger partial charge in [-0.25, -0.2) is 0 Å². The first-order chi connectivity index (χ1) is 8.86. The highest BCUT2D eigenvalue weighted by Gasteiger charge is 2.18. The summed E-state index contributed by atoms with van der Waals surface area (Å²) in [4.78, 5) is 22.7. The molecule has 6 nitrogen and oxygen atoms in total. The van der Waals surface area contributed by atoms with Crippen molar-refractivity contribution in [1.82, 2.24) is 0 Å². The molecule has 0 atom stereocenters. The van der Waals surface area contributed by atoms with E-state index < -0.39 is 10.9 Å². The zero-order chi connectivity index (χ0) is 14.6. The van der Waals surface area contributed by atoms with E-state index in [1.54, 1.807) is 6.92 Å². The molecule has 0 aromatic heterocycles. The molecular weight excluding hydrogens is 272 g/mol. The van der Waals surface area contributed by atoms with E-state index in [2.05, 4.69) is 0 Å². The quantitative estimate of drug-likeness (QED) is 0.642. The van der Waals surface area contributed by atoms with Gasteiger partial charge in [0, 0.05) is 24.8 Å².